The molecule has 1 atom stereocenters. The highest BCUT2D eigenvalue weighted by atomic mass is 79.9. The van der Waals surface area contributed by atoms with Crippen LogP contribution in [-0.2, 0) is 4.79 Å². The van der Waals surface area contributed by atoms with E-state index in [0.29, 0.717) is 11.3 Å². The zero-order chi connectivity index (χ0) is 15.4. The molecule has 116 valence electrons. The van der Waals surface area contributed by atoms with Gasteiger partial charge in [-0.1, -0.05) is 22.0 Å². The number of hydrogen-bond donors (Lipinski definition) is 1. The average Bonchev–Trinajstić information content (AvgIpc) is 2.45. The molecule has 1 aliphatic rings. The number of hydrogen-bond acceptors (Lipinski definition) is 4. The van der Waals surface area contributed by atoms with Gasteiger partial charge in [0.1, 0.15) is 5.75 Å². The number of benzene rings is 1. The molecule has 21 heavy (non-hydrogen) atoms. The van der Waals surface area contributed by atoms with Crippen molar-refractivity contribution in [2.75, 3.05) is 39.8 Å². The number of likely N-dealkylation sites (N-methyl/N-ethyl adjacent to an activating group) is 1. The fourth-order valence-electron chi connectivity index (χ4n) is 2.26. The minimum absolute atomic E-state index is 0.000111. The van der Waals surface area contributed by atoms with Crippen LogP contribution >= 0.6 is 15.9 Å². The van der Waals surface area contributed by atoms with Crippen LogP contribution in [0.5, 0.6) is 5.75 Å². The summed E-state index contributed by atoms with van der Waals surface area (Å²) in [7, 11) is 2.05. The molecule has 1 heterocycles. The van der Waals surface area contributed by atoms with Gasteiger partial charge in [0.15, 0.2) is 6.61 Å². The summed E-state index contributed by atoms with van der Waals surface area (Å²) in [5.74, 6) is 0.529. The number of carbonyl (C=O) groups is 1. The second-order valence-electron chi connectivity index (χ2n) is 5.33. The number of amides is 1. The molecule has 1 unspecified atom stereocenters. The first-order valence-corrected chi connectivity index (χ1v) is 7.83. The number of aliphatic hydroxyl groups is 1. The van der Waals surface area contributed by atoms with Crippen LogP contribution in [0.1, 0.15) is 18.6 Å². The topological polar surface area (TPSA) is 53.0 Å². The quantitative estimate of drug-likeness (QED) is 0.891. The molecule has 0 aliphatic carbocycles. The van der Waals surface area contributed by atoms with Crippen LogP contribution in [0, 0.1) is 0 Å². The summed E-state index contributed by atoms with van der Waals surface area (Å²) in [6, 6.07) is 5.42. The van der Waals surface area contributed by atoms with E-state index in [-0.39, 0.29) is 12.5 Å². The lowest BCUT2D eigenvalue weighted by Crippen LogP contribution is -2.48. The Morgan fingerprint density at radius 1 is 1.38 bits per heavy atom. The molecule has 0 saturated carbocycles. The van der Waals surface area contributed by atoms with Crippen molar-refractivity contribution in [2.24, 2.45) is 0 Å². The molecule has 1 fully saturated rings. The Balaban J connectivity index is 1.96. The second kappa shape index (κ2) is 7.24. The van der Waals surface area contributed by atoms with Crippen LogP contribution in [-0.4, -0.2) is 60.6 Å². The molecule has 1 N–H and O–H groups in total. The third-order valence-electron chi connectivity index (χ3n) is 3.63. The fourth-order valence-corrected chi connectivity index (χ4v) is 2.61. The van der Waals surface area contributed by atoms with E-state index in [1.807, 2.05) is 11.0 Å². The molecule has 1 aliphatic heterocycles. The average molecular weight is 357 g/mol. The van der Waals surface area contributed by atoms with Gasteiger partial charge in [-0.2, -0.15) is 0 Å². The second-order valence-corrected chi connectivity index (χ2v) is 6.25. The highest BCUT2D eigenvalue weighted by Gasteiger charge is 2.20. The molecule has 2 rings (SSSR count). The Labute approximate surface area is 133 Å². The minimum Gasteiger partial charge on any atom is -0.483 e. The predicted molar refractivity (Wildman–Crippen MR) is 84.3 cm³/mol. The first-order valence-electron chi connectivity index (χ1n) is 7.04. The van der Waals surface area contributed by atoms with Crippen LogP contribution in [0.4, 0.5) is 0 Å². The number of halogens is 1. The van der Waals surface area contributed by atoms with Gasteiger partial charge in [-0.15, -0.1) is 0 Å². The van der Waals surface area contributed by atoms with Crippen LogP contribution in [0.25, 0.3) is 0 Å². The molecule has 0 spiro atoms. The van der Waals surface area contributed by atoms with Gasteiger partial charge in [-0.25, -0.2) is 0 Å². The van der Waals surface area contributed by atoms with Gasteiger partial charge < -0.3 is 19.6 Å². The molecule has 1 saturated heterocycles. The highest BCUT2D eigenvalue weighted by Crippen LogP contribution is 2.28. The van der Waals surface area contributed by atoms with Gasteiger partial charge in [0, 0.05) is 36.2 Å². The van der Waals surface area contributed by atoms with E-state index in [9.17, 15) is 9.90 Å². The van der Waals surface area contributed by atoms with Crippen LogP contribution in [0.3, 0.4) is 0 Å². The maximum Gasteiger partial charge on any atom is 0.260 e. The lowest BCUT2D eigenvalue weighted by molar-refractivity contribution is -0.134. The lowest BCUT2D eigenvalue weighted by Gasteiger charge is -2.32. The maximum absolute atomic E-state index is 12.2. The molecule has 5 nitrogen and oxygen atoms in total. The van der Waals surface area contributed by atoms with Gasteiger partial charge in [-0.3, -0.25) is 4.79 Å². The first-order chi connectivity index (χ1) is 9.97. The van der Waals surface area contributed by atoms with Crippen molar-refractivity contribution >= 4 is 21.8 Å². The zero-order valence-corrected chi connectivity index (χ0v) is 14.0. The van der Waals surface area contributed by atoms with Crippen molar-refractivity contribution in [3.8, 4) is 5.75 Å². The van der Waals surface area contributed by atoms with Crippen molar-refractivity contribution in [1.29, 1.82) is 0 Å². The molecule has 0 radical (unpaired) electrons. The van der Waals surface area contributed by atoms with Crippen LogP contribution in [0.2, 0.25) is 0 Å². The minimum atomic E-state index is -0.633. The van der Waals surface area contributed by atoms with E-state index < -0.39 is 6.10 Å². The first kappa shape index (κ1) is 16.3. The van der Waals surface area contributed by atoms with Crippen LogP contribution in [0.15, 0.2) is 22.7 Å². The van der Waals surface area contributed by atoms with Crippen LogP contribution < -0.4 is 4.74 Å². The molecular formula is C15H21BrN2O3. The number of ether oxygens (including phenoxy) is 1. The van der Waals surface area contributed by atoms with Gasteiger partial charge in [0.05, 0.1) is 6.10 Å². The predicted octanol–water partition coefficient (Wildman–Crippen LogP) is 1.66. The molecule has 0 aromatic heterocycles. The fraction of sp³-hybridized carbons (Fsp3) is 0.533. The molecule has 6 heteroatoms. The molecule has 1 aromatic rings. The Kier molecular flexibility index (Phi) is 5.61. The Morgan fingerprint density at radius 2 is 2.05 bits per heavy atom. The zero-order valence-electron chi connectivity index (χ0n) is 12.4. The van der Waals surface area contributed by atoms with Gasteiger partial charge >= 0.3 is 0 Å². The Hall–Kier alpha value is -1.11. The van der Waals surface area contributed by atoms with E-state index in [2.05, 4.69) is 27.9 Å². The summed E-state index contributed by atoms with van der Waals surface area (Å²) >= 11 is 3.37. The monoisotopic (exact) mass is 356 g/mol. The normalized spacial score (nSPS) is 17.6. The van der Waals surface area contributed by atoms with E-state index in [1.54, 1.807) is 19.1 Å². The number of nitrogens with zero attached hydrogens (tertiary/aromatic N) is 2. The number of rotatable bonds is 4. The van der Waals surface area contributed by atoms with Gasteiger partial charge in [0.2, 0.25) is 0 Å². The molecular weight excluding hydrogens is 336 g/mol. The summed E-state index contributed by atoms with van der Waals surface area (Å²) in [6.45, 7) is 4.93. The maximum atomic E-state index is 12.2. The van der Waals surface area contributed by atoms with E-state index >= 15 is 0 Å². The van der Waals surface area contributed by atoms with Crippen molar-refractivity contribution in [3.05, 3.63) is 28.2 Å². The Bertz CT molecular complexity index is 500. The van der Waals surface area contributed by atoms with E-state index in [0.717, 1.165) is 30.7 Å². The van der Waals surface area contributed by atoms with E-state index in [1.165, 1.54) is 0 Å². The summed E-state index contributed by atoms with van der Waals surface area (Å²) in [4.78, 5) is 16.2. The highest BCUT2D eigenvalue weighted by molar-refractivity contribution is 9.10. The van der Waals surface area contributed by atoms with Gasteiger partial charge in [-0.05, 0) is 26.1 Å². The van der Waals surface area contributed by atoms with E-state index in [4.69, 9.17) is 4.74 Å². The number of carbonyl (C=O) groups excluding carboxylic acids is 1. The SMILES string of the molecule is CC(O)c1ccc(Br)cc1OCC(=O)N1CCN(C)CC1. The van der Waals surface area contributed by atoms with Crippen molar-refractivity contribution in [1.82, 2.24) is 9.80 Å². The largest absolute Gasteiger partial charge is 0.483 e. The third-order valence-corrected chi connectivity index (χ3v) is 4.13. The van der Waals surface area contributed by atoms with Crippen molar-refractivity contribution < 1.29 is 14.6 Å². The number of piperazine rings is 1. The third kappa shape index (κ3) is 4.43. The summed E-state index contributed by atoms with van der Waals surface area (Å²) in [6.07, 6.45) is -0.633. The van der Waals surface area contributed by atoms with Gasteiger partial charge in [0.25, 0.3) is 5.91 Å². The summed E-state index contributed by atoms with van der Waals surface area (Å²) in [5, 5.41) is 9.74. The molecule has 0 bridgehead atoms. The smallest absolute Gasteiger partial charge is 0.260 e. The van der Waals surface area contributed by atoms with Crippen molar-refractivity contribution in [3.63, 3.8) is 0 Å². The Morgan fingerprint density at radius 3 is 2.67 bits per heavy atom. The lowest BCUT2D eigenvalue weighted by atomic mass is 10.1. The summed E-state index contributed by atoms with van der Waals surface area (Å²) < 4.78 is 6.48. The molecule has 1 aromatic carbocycles. The van der Waals surface area contributed by atoms with Crippen molar-refractivity contribution in [2.45, 2.75) is 13.0 Å². The molecule has 1 amide bonds. The standard InChI is InChI=1S/C15H21BrN2O3/c1-11(19)13-4-3-12(16)9-14(13)21-10-15(20)18-7-5-17(2)6-8-18/h3-4,9,11,19H,5-8,10H2,1-2H3. The summed E-state index contributed by atoms with van der Waals surface area (Å²) in [5.41, 5.74) is 0.685. The number of aliphatic hydroxyl groups excluding tert-OH is 1.